The second-order valence-corrected chi connectivity index (χ2v) is 4.12. The van der Waals surface area contributed by atoms with Crippen molar-refractivity contribution in [2.24, 2.45) is 0 Å². The van der Waals surface area contributed by atoms with E-state index >= 15 is 0 Å². The first-order valence-electron chi connectivity index (χ1n) is 5.13. The molecule has 16 heavy (non-hydrogen) atoms. The quantitative estimate of drug-likeness (QED) is 0.762. The molecule has 0 aliphatic carbocycles. The van der Waals surface area contributed by atoms with Gasteiger partial charge in [-0.05, 0) is 28.8 Å². The van der Waals surface area contributed by atoms with Crippen LogP contribution in [-0.4, -0.2) is 7.11 Å². The molecule has 2 aromatic rings. The highest BCUT2D eigenvalue weighted by Gasteiger charge is 1.99. The van der Waals surface area contributed by atoms with E-state index in [2.05, 4.69) is 46.3 Å². The van der Waals surface area contributed by atoms with Crippen LogP contribution in [0.4, 0.5) is 0 Å². The molecule has 0 fully saturated rings. The van der Waals surface area contributed by atoms with Gasteiger partial charge in [-0.15, -0.1) is 0 Å². The van der Waals surface area contributed by atoms with Crippen LogP contribution in [-0.2, 0) is 5.33 Å². The smallest absolute Gasteiger partial charge is 0.119 e. The van der Waals surface area contributed by atoms with Gasteiger partial charge in [-0.1, -0.05) is 52.3 Å². The number of hydrogen-bond acceptors (Lipinski definition) is 1. The first-order valence-corrected chi connectivity index (χ1v) is 6.25. The summed E-state index contributed by atoms with van der Waals surface area (Å²) < 4.78 is 5.21. The predicted octanol–water partition coefficient (Wildman–Crippen LogP) is 4.26. The molecule has 0 aromatic heterocycles. The monoisotopic (exact) mass is 276 g/mol. The summed E-state index contributed by atoms with van der Waals surface area (Å²) in [5, 5.41) is 0.894. The van der Waals surface area contributed by atoms with E-state index in [1.54, 1.807) is 7.11 Å². The number of ether oxygens (including phenoxy) is 1. The summed E-state index contributed by atoms with van der Waals surface area (Å²) in [5.74, 6) is 0.891. The van der Waals surface area contributed by atoms with Gasteiger partial charge in [0, 0.05) is 5.33 Å². The molecule has 0 amide bonds. The van der Waals surface area contributed by atoms with Gasteiger partial charge in [-0.3, -0.25) is 0 Å². The Labute approximate surface area is 104 Å². The van der Waals surface area contributed by atoms with Crippen molar-refractivity contribution in [3.8, 4) is 16.9 Å². The minimum Gasteiger partial charge on any atom is -0.497 e. The zero-order valence-electron chi connectivity index (χ0n) is 9.11. The molecule has 0 heterocycles. The summed E-state index contributed by atoms with van der Waals surface area (Å²) in [4.78, 5) is 0. The van der Waals surface area contributed by atoms with Gasteiger partial charge < -0.3 is 4.74 Å². The van der Waals surface area contributed by atoms with Gasteiger partial charge in [-0.25, -0.2) is 0 Å². The highest BCUT2D eigenvalue weighted by atomic mass is 79.9. The van der Waals surface area contributed by atoms with Gasteiger partial charge in [0.2, 0.25) is 0 Å². The lowest BCUT2D eigenvalue weighted by atomic mass is 10.0. The van der Waals surface area contributed by atoms with Crippen LogP contribution in [0.15, 0.2) is 48.5 Å². The number of alkyl halides is 1. The number of halogens is 1. The molecule has 0 N–H and O–H groups in total. The Bertz CT molecular complexity index is 462. The Kier molecular flexibility index (Phi) is 3.62. The molecule has 0 saturated heterocycles. The fourth-order valence-corrected chi connectivity index (χ4v) is 1.96. The third kappa shape index (κ3) is 2.45. The lowest BCUT2D eigenvalue weighted by molar-refractivity contribution is 0.415. The van der Waals surface area contributed by atoms with E-state index in [0.717, 1.165) is 11.1 Å². The minimum atomic E-state index is 0.891. The second-order valence-electron chi connectivity index (χ2n) is 3.56. The standard InChI is InChI=1S/C14H13BrO/c1-16-14-4-2-3-13(9-14)12-7-5-11(10-15)6-8-12/h2-9H,10H2,1H3. The van der Waals surface area contributed by atoms with E-state index in [-0.39, 0.29) is 0 Å². The summed E-state index contributed by atoms with van der Waals surface area (Å²) in [6, 6.07) is 16.6. The molecule has 0 spiro atoms. The van der Waals surface area contributed by atoms with Crippen LogP contribution in [0.2, 0.25) is 0 Å². The zero-order valence-corrected chi connectivity index (χ0v) is 10.7. The van der Waals surface area contributed by atoms with E-state index < -0.39 is 0 Å². The van der Waals surface area contributed by atoms with Gasteiger partial charge in [0.25, 0.3) is 0 Å². The molecule has 1 nitrogen and oxygen atoms in total. The normalized spacial score (nSPS) is 10.1. The van der Waals surface area contributed by atoms with Crippen molar-refractivity contribution in [3.63, 3.8) is 0 Å². The van der Waals surface area contributed by atoms with Crippen LogP contribution < -0.4 is 4.74 Å². The van der Waals surface area contributed by atoms with Crippen molar-refractivity contribution < 1.29 is 4.74 Å². The molecule has 2 rings (SSSR count). The second kappa shape index (κ2) is 5.17. The van der Waals surface area contributed by atoms with Crippen molar-refractivity contribution in [1.29, 1.82) is 0 Å². The highest BCUT2D eigenvalue weighted by Crippen LogP contribution is 2.24. The molecule has 0 bridgehead atoms. The van der Waals surface area contributed by atoms with Crippen molar-refractivity contribution in [2.75, 3.05) is 7.11 Å². The Morgan fingerprint density at radius 1 is 1.00 bits per heavy atom. The molecule has 0 unspecified atom stereocenters. The van der Waals surface area contributed by atoms with Gasteiger partial charge >= 0.3 is 0 Å². The average molecular weight is 277 g/mol. The first-order chi connectivity index (χ1) is 7.83. The van der Waals surface area contributed by atoms with Crippen molar-refractivity contribution >= 4 is 15.9 Å². The fraction of sp³-hybridized carbons (Fsp3) is 0.143. The Balaban J connectivity index is 2.34. The predicted molar refractivity (Wildman–Crippen MR) is 71.1 cm³/mol. The third-order valence-electron chi connectivity index (χ3n) is 2.51. The lowest BCUT2D eigenvalue weighted by Crippen LogP contribution is -1.84. The van der Waals surface area contributed by atoms with Crippen LogP contribution in [0.3, 0.4) is 0 Å². The third-order valence-corrected chi connectivity index (χ3v) is 3.16. The SMILES string of the molecule is COc1cccc(-c2ccc(CBr)cc2)c1. The molecular weight excluding hydrogens is 264 g/mol. The summed E-state index contributed by atoms with van der Waals surface area (Å²) in [6.45, 7) is 0. The van der Waals surface area contributed by atoms with Crippen LogP contribution >= 0.6 is 15.9 Å². The van der Waals surface area contributed by atoms with Gasteiger partial charge in [0.1, 0.15) is 5.75 Å². The van der Waals surface area contributed by atoms with Crippen LogP contribution in [0.1, 0.15) is 5.56 Å². The lowest BCUT2D eigenvalue weighted by Gasteiger charge is -2.05. The van der Waals surface area contributed by atoms with Crippen molar-refractivity contribution in [1.82, 2.24) is 0 Å². The van der Waals surface area contributed by atoms with E-state index in [4.69, 9.17) is 4.74 Å². The molecule has 0 aliphatic rings. The van der Waals surface area contributed by atoms with Crippen LogP contribution in [0, 0.1) is 0 Å². The number of methoxy groups -OCH3 is 1. The first kappa shape index (κ1) is 11.2. The molecule has 0 aliphatic heterocycles. The Morgan fingerprint density at radius 3 is 2.38 bits per heavy atom. The van der Waals surface area contributed by atoms with E-state index in [1.165, 1.54) is 16.7 Å². The Hall–Kier alpha value is -1.28. The molecule has 2 aromatic carbocycles. The topological polar surface area (TPSA) is 9.23 Å². The molecule has 0 radical (unpaired) electrons. The average Bonchev–Trinajstić information content (AvgIpc) is 2.39. The molecule has 82 valence electrons. The largest absolute Gasteiger partial charge is 0.497 e. The molecule has 2 heteroatoms. The van der Waals surface area contributed by atoms with E-state index in [9.17, 15) is 0 Å². The van der Waals surface area contributed by atoms with Gasteiger partial charge in [0.15, 0.2) is 0 Å². The molecular formula is C14H13BrO. The minimum absolute atomic E-state index is 0.891. The zero-order chi connectivity index (χ0) is 11.4. The molecule has 0 saturated carbocycles. The van der Waals surface area contributed by atoms with Gasteiger partial charge in [-0.2, -0.15) is 0 Å². The van der Waals surface area contributed by atoms with Gasteiger partial charge in [0.05, 0.1) is 7.11 Å². The van der Waals surface area contributed by atoms with Crippen LogP contribution in [0.5, 0.6) is 5.75 Å². The van der Waals surface area contributed by atoms with Crippen LogP contribution in [0.25, 0.3) is 11.1 Å². The van der Waals surface area contributed by atoms with E-state index in [0.29, 0.717) is 0 Å². The number of rotatable bonds is 3. The van der Waals surface area contributed by atoms with Crippen molar-refractivity contribution in [2.45, 2.75) is 5.33 Å². The summed E-state index contributed by atoms with van der Waals surface area (Å²) in [5.41, 5.74) is 3.68. The fourth-order valence-electron chi connectivity index (χ4n) is 1.59. The summed E-state index contributed by atoms with van der Waals surface area (Å²) in [7, 11) is 1.69. The highest BCUT2D eigenvalue weighted by molar-refractivity contribution is 9.08. The summed E-state index contributed by atoms with van der Waals surface area (Å²) in [6.07, 6.45) is 0. The molecule has 0 atom stereocenters. The van der Waals surface area contributed by atoms with Crippen molar-refractivity contribution in [3.05, 3.63) is 54.1 Å². The Morgan fingerprint density at radius 2 is 1.75 bits per heavy atom. The number of benzene rings is 2. The number of hydrogen-bond donors (Lipinski definition) is 0. The maximum absolute atomic E-state index is 5.21. The summed E-state index contributed by atoms with van der Waals surface area (Å²) >= 11 is 3.44. The maximum Gasteiger partial charge on any atom is 0.119 e. The maximum atomic E-state index is 5.21. The van der Waals surface area contributed by atoms with E-state index in [1.807, 2.05) is 18.2 Å².